The molecule has 1 saturated heterocycles. The molecule has 2 heterocycles. The molecule has 27 heavy (non-hydrogen) atoms. The topological polar surface area (TPSA) is 82.5 Å². The Morgan fingerprint density at radius 1 is 1.33 bits per heavy atom. The number of anilines is 1. The molecular weight excluding hydrogens is 366 g/mol. The van der Waals surface area contributed by atoms with Crippen LogP contribution in [0.3, 0.4) is 0 Å². The van der Waals surface area contributed by atoms with E-state index < -0.39 is 10.0 Å². The van der Waals surface area contributed by atoms with Crippen molar-refractivity contribution in [2.45, 2.75) is 57.1 Å². The number of para-hydroxylation sites is 2. The lowest BCUT2D eigenvalue weighted by molar-refractivity contribution is -0.0109. The molecule has 0 spiro atoms. The van der Waals surface area contributed by atoms with Crippen molar-refractivity contribution >= 4 is 15.7 Å². The maximum atomic E-state index is 12.9. The average molecular weight is 394 g/mol. The summed E-state index contributed by atoms with van der Waals surface area (Å²) in [5.41, 5.74) is 0.890. The summed E-state index contributed by atoms with van der Waals surface area (Å²) < 4.78 is 41.5. The Morgan fingerprint density at radius 2 is 2.15 bits per heavy atom. The summed E-state index contributed by atoms with van der Waals surface area (Å²) in [4.78, 5) is 0.182. The number of aryl methyl sites for hydroxylation is 2. The number of aromatic nitrogens is 2. The van der Waals surface area contributed by atoms with E-state index in [-0.39, 0.29) is 11.0 Å². The van der Waals surface area contributed by atoms with Gasteiger partial charge in [0.25, 0.3) is 10.0 Å². The minimum absolute atomic E-state index is 0.0536. The van der Waals surface area contributed by atoms with Crippen molar-refractivity contribution < 1.29 is 17.9 Å². The summed E-state index contributed by atoms with van der Waals surface area (Å²) in [6.07, 6.45) is 5.68. The minimum Gasteiger partial charge on any atom is -0.489 e. The van der Waals surface area contributed by atoms with Gasteiger partial charge in [0.1, 0.15) is 17.3 Å². The van der Waals surface area contributed by atoms with Gasteiger partial charge in [0.15, 0.2) is 0 Å². The predicted octanol–water partition coefficient (Wildman–Crippen LogP) is 3.35. The quantitative estimate of drug-likeness (QED) is 0.744. The molecule has 1 fully saturated rings. The van der Waals surface area contributed by atoms with Crippen molar-refractivity contribution in [2.24, 2.45) is 0 Å². The number of hydrogen-bond acceptors (Lipinski definition) is 5. The molecule has 1 aromatic heterocycles. The largest absolute Gasteiger partial charge is 0.489 e. The fourth-order valence-corrected chi connectivity index (χ4v) is 4.36. The average Bonchev–Trinajstić information content (AvgIpc) is 3.03. The van der Waals surface area contributed by atoms with Gasteiger partial charge in [0.05, 0.1) is 17.5 Å². The van der Waals surface area contributed by atoms with E-state index in [2.05, 4.69) is 9.82 Å². The Bertz CT molecular complexity index is 858. The van der Waals surface area contributed by atoms with Crippen molar-refractivity contribution in [3.05, 3.63) is 36.2 Å². The summed E-state index contributed by atoms with van der Waals surface area (Å²) in [6, 6.07) is 7.04. The smallest absolute Gasteiger partial charge is 0.265 e. The number of rotatable bonds is 8. The van der Waals surface area contributed by atoms with Gasteiger partial charge >= 0.3 is 0 Å². The number of nitrogens with one attached hydrogen (secondary N) is 1. The number of sulfonamides is 1. The lowest BCUT2D eigenvalue weighted by atomic mass is 10.1. The van der Waals surface area contributed by atoms with Crippen LogP contribution in [0.4, 0.5) is 5.69 Å². The summed E-state index contributed by atoms with van der Waals surface area (Å²) in [5.74, 6) is 0.494. The molecule has 148 valence electrons. The monoisotopic (exact) mass is 393 g/mol. The molecule has 0 amide bonds. The van der Waals surface area contributed by atoms with Gasteiger partial charge in [-0.3, -0.25) is 9.40 Å². The first-order valence-corrected chi connectivity index (χ1v) is 10.9. The zero-order valence-corrected chi connectivity index (χ0v) is 16.7. The molecule has 0 aliphatic carbocycles. The summed E-state index contributed by atoms with van der Waals surface area (Å²) in [7, 11) is -3.75. The van der Waals surface area contributed by atoms with E-state index in [9.17, 15) is 8.42 Å². The third-order valence-electron chi connectivity index (χ3n) is 4.47. The van der Waals surface area contributed by atoms with Gasteiger partial charge in [-0.1, -0.05) is 19.1 Å². The first-order valence-electron chi connectivity index (χ1n) is 9.40. The van der Waals surface area contributed by atoms with E-state index in [1.807, 2.05) is 13.0 Å². The number of nitrogens with zero attached hydrogens (tertiary/aromatic N) is 2. The Hall–Kier alpha value is -2.06. The Labute approximate surface area is 160 Å². The highest BCUT2D eigenvalue weighted by Gasteiger charge is 2.22. The first-order chi connectivity index (χ1) is 13.0. The lowest BCUT2D eigenvalue weighted by Gasteiger charge is -2.23. The van der Waals surface area contributed by atoms with Crippen LogP contribution >= 0.6 is 0 Å². The van der Waals surface area contributed by atoms with Crippen LogP contribution in [0.2, 0.25) is 0 Å². The SMILES string of the molecule is CCCn1cc(S(=O)(=O)Nc2ccccc2OC[C@@H]2CCCCO2)c(C)n1. The number of benzene rings is 1. The van der Waals surface area contributed by atoms with Gasteiger partial charge in [-0.25, -0.2) is 8.42 Å². The summed E-state index contributed by atoms with van der Waals surface area (Å²) >= 11 is 0. The second-order valence-electron chi connectivity index (χ2n) is 6.74. The number of hydrogen-bond donors (Lipinski definition) is 1. The zero-order chi connectivity index (χ0) is 19.3. The van der Waals surface area contributed by atoms with E-state index in [1.54, 1.807) is 36.0 Å². The van der Waals surface area contributed by atoms with Crippen LogP contribution in [-0.2, 0) is 21.3 Å². The molecule has 1 N–H and O–H groups in total. The summed E-state index contributed by atoms with van der Waals surface area (Å²) in [5, 5.41) is 4.28. The Balaban J connectivity index is 1.74. The second-order valence-corrected chi connectivity index (χ2v) is 8.39. The van der Waals surface area contributed by atoms with Gasteiger partial charge in [0.2, 0.25) is 0 Å². The Kier molecular flexibility index (Phi) is 6.38. The van der Waals surface area contributed by atoms with Gasteiger partial charge < -0.3 is 9.47 Å². The standard InChI is InChI=1S/C19H27N3O4S/c1-3-11-22-13-19(15(2)20-22)27(23,24)21-17-9-4-5-10-18(17)26-14-16-8-6-7-12-25-16/h4-5,9-10,13,16,21H,3,6-8,11-12,14H2,1-2H3/t16-/m0/s1. The van der Waals surface area contributed by atoms with Crippen LogP contribution in [0.1, 0.15) is 38.3 Å². The molecule has 2 aromatic rings. The maximum Gasteiger partial charge on any atom is 0.265 e. The van der Waals surface area contributed by atoms with Crippen LogP contribution in [0, 0.1) is 6.92 Å². The molecule has 1 atom stereocenters. The second kappa shape index (κ2) is 8.75. The van der Waals surface area contributed by atoms with Crippen molar-refractivity contribution in [2.75, 3.05) is 17.9 Å². The molecule has 1 aromatic carbocycles. The molecule has 0 bridgehead atoms. The Morgan fingerprint density at radius 3 is 2.89 bits per heavy atom. The molecule has 7 nitrogen and oxygen atoms in total. The maximum absolute atomic E-state index is 12.9. The third-order valence-corrected chi connectivity index (χ3v) is 5.94. The van der Waals surface area contributed by atoms with Crippen molar-refractivity contribution in [1.82, 2.24) is 9.78 Å². The first kappa shape index (κ1) is 19.7. The highest BCUT2D eigenvalue weighted by molar-refractivity contribution is 7.92. The minimum atomic E-state index is -3.75. The van der Waals surface area contributed by atoms with E-state index in [1.165, 1.54) is 0 Å². The highest BCUT2D eigenvalue weighted by Crippen LogP contribution is 2.28. The fraction of sp³-hybridized carbons (Fsp3) is 0.526. The van der Waals surface area contributed by atoms with E-state index in [4.69, 9.17) is 9.47 Å². The van der Waals surface area contributed by atoms with Crippen LogP contribution in [0.5, 0.6) is 5.75 Å². The predicted molar refractivity (Wildman–Crippen MR) is 104 cm³/mol. The fourth-order valence-electron chi connectivity index (χ4n) is 3.11. The van der Waals surface area contributed by atoms with Crippen LogP contribution < -0.4 is 9.46 Å². The van der Waals surface area contributed by atoms with Crippen LogP contribution in [0.25, 0.3) is 0 Å². The third kappa shape index (κ3) is 5.01. The van der Waals surface area contributed by atoms with Crippen LogP contribution in [-0.4, -0.2) is 37.5 Å². The molecule has 8 heteroatoms. The lowest BCUT2D eigenvalue weighted by Crippen LogP contribution is -2.26. The molecule has 1 aliphatic heterocycles. The molecule has 1 aliphatic rings. The van der Waals surface area contributed by atoms with Crippen molar-refractivity contribution in [3.8, 4) is 5.75 Å². The molecular formula is C19H27N3O4S. The van der Waals surface area contributed by atoms with E-state index in [0.717, 1.165) is 32.3 Å². The number of ether oxygens (including phenoxy) is 2. The molecule has 0 saturated carbocycles. The normalized spacial score (nSPS) is 17.6. The summed E-state index contributed by atoms with van der Waals surface area (Å²) in [6.45, 7) is 5.56. The van der Waals surface area contributed by atoms with Gasteiger partial charge in [-0.15, -0.1) is 0 Å². The van der Waals surface area contributed by atoms with E-state index in [0.29, 0.717) is 30.3 Å². The molecule has 0 unspecified atom stereocenters. The van der Waals surface area contributed by atoms with Gasteiger partial charge in [-0.05, 0) is 44.7 Å². The zero-order valence-electron chi connectivity index (χ0n) is 15.8. The van der Waals surface area contributed by atoms with Crippen molar-refractivity contribution in [1.29, 1.82) is 0 Å². The molecule has 3 rings (SSSR count). The van der Waals surface area contributed by atoms with Crippen LogP contribution in [0.15, 0.2) is 35.4 Å². The van der Waals surface area contributed by atoms with Gasteiger partial charge in [-0.2, -0.15) is 5.10 Å². The van der Waals surface area contributed by atoms with Gasteiger partial charge in [0, 0.05) is 19.3 Å². The van der Waals surface area contributed by atoms with E-state index >= 15 is 0 Å². The van der Waals surface area contributed by atoms with Crippen molar-refractivity contribution in [3.63, 3.8) is 0 Å². The molecule has 0 radical (unpaired) electrons. The highest BCUT2D eigenvalue weighted by atomic mass is 32.2.